The van der Waals surface area contributed by atoms with Crippen LogP contribution < -0.4 is 5.73 Å². The quantitative estimate of drug-likeness (QED) is 0.512. The van der Waals surface area contributed by atoms with Crippen molar-refractivity contribution in [1.29, 1.82) is 0 Å². The zero-order valence-corrected chi connectivity index (χ0v) is 11.4. The van der Waals surface area contributed by atoms with Crippen LogP contribution in [-0.4, -0.2) is 18.5 Å². The van der Waals surface area contributed by atoms with Gasteiger partial charge in [0.05, 0.1) is 12.7 Å². The number of hydrogen-bond acceptors (Lipinski definition) is 3. The van der Waals surface area contributed by atoms with E-state index < -0.39 is 0 Å². The van der Waals surface area contributed by atoms with Crippen LogP contribution >= 0.6 is 27.7 Å². The summed E-state index contributed by atoms with van der Waals surface area (Å²) in [6.45, 7) is 4.84. The smallest absolute Gasteiger partial charge is 0.0563 e. The molecule has 0 radical (unpaired) electrons. The van der Waals surface area contributed by atoms with Gasteiger partial charge in [-0.3, -0.25) is 0 Å². The number of halogens is 1. The molecule has 0 aromatic heterocycles. The molecule has 0 aliphatic heterocycles. The zero-order valence-electron chi connectivity index (χ0n) is 9.00. The number of nitrogens with two attached hydrogens (primary N) is 1. The molecule has 15 heavy (non-hydrogen) atoms. The molecule has 0 bridgehead atoms. The Morgan fingerprint density at radius 2 is 2.20 bits per heavy atom. The largest absolute Gasteiger partial charge is 0.398 e. The van der Waals surface area contributed by atoms with Crippen molar-refractivity contribution >= 4 is 33.4 Å². The van der Waals surface area contributed by atoms with E-state index in [-0.39, 0.29) is 0 Å². The van der Waals surface area contributed by atoms with Crippen LogP contribution in [0.4, 0.5) is 5.69 Å². The second kappa shape index (κ2) is 6.40. The highest BCUT2D eigenvalue weighted by molar-refractivity contribution is 9.10. The maximum absolute atomic E-state index is 5.87. The van der Waals surface area contributed by atoms with Gasteiger partial charge >= 0.3 is 0 Å². The molecular formula is C11H16BrNOS. The third-order valence-electron chi connectivity index (χ3n) is 1.76. The highest BCUT2D eigenvalue weighted by Gasteiger charge is 2.01. The van der Waals surface area contributed by atoms with Crippen molar-refractivity contribution in [3.63, 3.8) is 0 Å². The highest BCUT2D eigenvalue weighted by Crippen LogP contribution is 2.27. The third-order valence-corrected chi connectivity index (χ3v) is 3.31. The van der Waals surface area contributed by atoms with Crippen molar-refractivity contribution in [2.75, 3.05) is 18.1 Å². The second-order valence-corrected chi connectivity index (χ2v) is 5.50. The van der Waals surface area contributed by atoms with E-state index in [2.05, 4.69) is 15.9 Å². The molecule has 0 aliphatic carbocycles. The Labute approximate surface area is 104 Å². The summed E-state index contributed by atoms with van der Waals surface area (Å²) in [4.78, 5) is 1.12. The van der Waals surface area contributed by atoms with Gasteiger partial charge in [0.1, 0.15) is 0 Å². The minimum absolute atomic E-state index is 0.299. The van der Waals surface area contributed by atoms with Crippen LogP contribution in [0.5, 0.6) is 0 Å². The number of thioether (sulfide) groups is 1. The van der Waals surface area contributed by atoms with Crippen molar-refractivity contribution in [3.8, 4) is 0 Å². The molecule has 1 aromatic rings. The van der Waals surface area contributed by atoms with Crippen molar-refractivity contribution in [3.05, 3.63) is 22.7 Å². The fourth-order valence-corrected chi connectivity index (χ4v) is 2.25. The molecule has 0 aliphatic rings. The maximum Gasteiger partial charge on any atom is 0.0563 e. The highest BCUT2D eigenvalue weighted by atomic mass is 79.9. The number of benzene rings is 1. The molecule has 0 amide bonds. The summed E-state index contributed by atoms with van der Waals surface area (Å²) in [7, 11) is 0. The van der Waals surface area contributed by atoms with E-state index in [0.29, 0.717) is 6.10 Å². The van der Waals surface area contributed by atoms with Crippen LogP contribution in [0.15, 0.2) is 27.6 Å². The summed E-state index contributed by atoms with van der Waals surface area (Å²) in [6, 6.07) is 5.95. The summed E-state index contributed by atoms with van der Waals surface area (Å²) < 4.78 is 6.47. The normalized spacial score (nSPS) is 10.9. The molecule has 2 nitrogen and oxygen atoms in total. The van der Waals surface area contributed by atoms with Crippen LogP contribution in [0.2, 0.25) is 0 Å². The summed E-state index contributed by atoms with van der Waals surface area (Å²) in [5.74, 6) is 0.935. The van der Waals surface area contributed by atoms with E-state index in [1.807, 2.05) is 32.0 Å². The predicted molar refractivity (Wildman–Crippen MR) is 70.4 cm³/mol. The van der Waals surface area contributed by atoms with Crippen molar-refractivity contribution in [1.82, 2.24) is 0 Å². The Kier molecular flexibility index (Phi) is 5.50. The van der Waals surface area contributed by atoms with Crippen molar-refractivity contribution < 1.29 is 4.74 Å². The molecular weight excluding hydrogens is 274 g/mol. The number of ether oxygens (including phenoxy) is 1. The Hall–Kier alpha value is -0.190. The standard InChI is InChI=1S/C11H16BrNOS/c1-8(2)14-5-6-15-11-4-3-9(12)7-10(11)13/h3-4,7-8H,5-6,13H2,1-2H3. The minimum atomic E-state index is 0.299. The number of anilines is 1. The van der Waals surface area contributed by atoms with Crippen molar-refractivity contribution in [2.24, 2.45) is 0 Å². The molecule has 0 unspecified atom stereocenters. The van der Waals surface area contributed by atoms with Crippen LogP contribution in [0, 0.1) is 0 Å². The fourth-order valence-electron chi connectivity index (χ4n) is 1.09. The van der Waals surface area contributed by atoms with Gasteiger partial charge in [-0.15, -0.1) is 11.8 Å². The average molecular weight is 290 g/mol. The first kappa shape index (κ1) is 12.9. The molecule has 4 heteroatoms. The summed E-state index contributed by atoms with van der Waals surface area (Å²) in [5, 5.41) is 0. The van der Waals surface area contributed by atoms with Gasteiger partial charge in [-0.2, -0.15) is 0 Å². The summed E-state index contributed by atoms with van der Waals surface area (Å²) in [6.07, 6.45) is 0.299. The molecule has 2 N–H and O–H groups in total. The van der Waals surface area contributed by atoms with Crippen LogP contribution in [0.3, 0.4) is 0 Å². The van der Waals surface area contributed by atoms with Gasteiger partial charge in [0.15, 0.2) is 0 Å². The lowest BCUT2D eigenvalue weighted by Gasteiger charge is -2.08. The van der Waals surface area contributed by atoms with Gasteiger partial charge in [0, 0.05) is 20.8 Å². The summed E-state index contributed by atoms with van der Waals surface area (Å²) >= 11 is 5.11. The molecule has 0 heterocycles. The van der Waals surface area contributed by atoms with E-state index >= 15 is 0 Å². The molecule has 0 saturated heterocycles. The van der Waals surface area contributed by atoms with E-state index in [0.717, 1.165) is 27.4 Å². The number of nitrogen functional groups attached to an aromatic ring is 1. The van der Waals surface area contributed by atoms with Crippen LogP contribution in [-0.2, 0) is 4.74 Å². The van der Waals surface area contributed by atoms with Gasteiger partial charge in [-0.05, 0) is 32.0 Å². The monoisotopic (exact) mass is 289 g/mol. The molecule has 0 spiro atoms. The number of hydrogen-bond donors (Lipinski definition) is 1. The van der Waals surface area contributed by atoms with E-state index in [1.165, 1.54) is 0 Å². The van der Waals surface area contributed by atoms with Crippen molar-refractivity contribution in [2.45, 2.75) is 24.8 Å². The van der Waals surface area contributed by atoms with Gasteiger partial charge in [0.2, 0.25) is 0 Å². The maximum atomic E-state index is 5.87. The van der Waals surface area contributed by atoms with Crippen LogP contribution in [0.25, 0.3) is 0 Å². The van der Waals surface area contributed by atoms with Crippen LogP contribution in [0.1, 0.15) is 13.8 Å². The lowest BCUT2D eigenvalue weighted by Crippen LogP contribution is -2.05. The third kappa shape index (κ3) is 4.91. The minimum Gasteiger partial charge on any atom is -0.398 e. The van der Waals surface area contributed by atoms with E-state index in [1.54, 1.807) is 11.8 Å². The topological polar surface area (TPSA) is 35.2 Å². The van der Waals surface area contributed by atoms with Gasteiger partial charge in [-0.1, -0.05) is 15.9 Å². The van der Waals surface area contributed by atoms with E-state index in [9.17, 15) is 0 Å². The van der Waals surface area contributed by atoms with Gasteiger partial charge in [0.25, 0.3) is 0 Å². The Balaban J connectivity index is 2.37. The van der Waals surface area contributed by atoms with E-state index in [4.69, 9.17) is 10.5 Å². The first-order chi connectivity index (χ1) is 7.09. The number of rotatable bonds is 5. The fraction of sp³-hybridized carbons (Fsp3) is 0.455. The predicted octanol–water partition coefficient (Wildman–Crippen LogP) is 3.55. The Bertz CT molecular complexity index is 317. The van der Waals surface area contributed by atoms with Gasteiger partial charge in [-0.25, -0.2) is 0 Å². The molecule has 0 atom stereocenters. The molecule has 84 valence electrons. The first-order valence-corrected chi connectivity index (χ1v) is 6.67. The second-order valence-electron chi connectivity index (χ2n) is 3.45. The molecule has 1 rings (SSSR count). The molecule has 0 saturated carbocycles. The zero-order chi connectivity index (χ0) is 11.3. The lowest BCUT2D eigenvalue weighted by atomic mass is 10.3. The Morgan fingerprint density at radius 1 is 1.47 bits per heavy atom. The summed E-state index contributed by atoms with van der Waals surface area (Å²) in [5.41, 5.74) is 6.69. The lowest BCUT2D eigenvalue weighted by molar-refractivity contribution is 0.0920. The molecule has 0 fully saturated rings. The molecule has 1 aromatic carbocycles. The first-order valence-electron chi connectivity index (χ1n) is 4.89. The van der Waals surface area contributed by atoms with Gasteiger partial charge < -0.3 is 10.5 Å². The Morgan fingerprint density at radius 3 is 2.80 bits per heavy atom. The average Bonchev–Trinajstić information content (AvgIpc) is 2.14. The SMILES string of the molecule is CC(C)OCCSc1ccc(Br)cc1N.